The van der Waals surface area contributed by atoms with Gasteiger partial charge in [-0.2, -0.15) is 13.2 Å². The first-order valence-electron chi connectivity index (χ1n) is 15.3. The standard InChI is InChI=1S/C33H38F3N3O8/c1-21(47-22(2)40)27(29(42)45-3)37-30(43)32(19-23-12-14-25(15-13-23)33(34,35)36)16-8-18-39(32)28(41)26-11-7-17-38(26)31(44)46-20-24-9-5-4-6-10-24/h4-6,9-10,12-15,21,26-27H,7-8,11,16-20H2,1-3H3,(H,37,43)/t21-,26+,27+,32?/m1/s1. The molecule has 0 saturated carbocycles. The number of methoxy groups -OCH3 is 1. The molecule has 0 bridgehead atoms. The van der Waals surface area contributed by atoms with E-state index in [1.807, 2.05) is 6.07 Å². The number of halogens is 3. The van der Waals surface area contributed by atoms with Gasteiger partial charge in [0.25, 0.3) is 0 Å². The summed E-state index contributed by atoms with van der Waals surface area (Å²) in [6.45, 7) is 2.88. The van der Waals surface area contributed by atoms with Crippen molar-refractivity contribution in [2.45, 2.75) is 82.5 Å². The molecule has 4 atom stereocenters. The van der Waals surface area contributed by atoms with Crippen molar-refractivity contribution in [3.05, 3.63) is 71.3 Å². The van der Waals surface area contributed by atoms with E-state index in [-0.39, 0.29) is 32.5 Å². The second-order valence-electron chi connectivity index (χ2n) is 11.7. The normalized spacial score (nSPS) is 20.7. The van der Waals surface area contributed by atoms with Crippen LogP contribution < -0.4 is 5.32 Å². The van der Waals surface area contributed by atoms with E-state index in [0.29, 0.717) is 24.8 Å². The molecule has 0 radical (unpaired) electrons. The fourth-order valence-electron chi connectivity index (χ4n) is 6.17. The molecule has 2 aromatic carbocycles. The Morgan fingerprint density at radius 2 is 1.66 bits per heavy atom. The van der Waals surface area contributed by atoms with Crippen molar-refractivity contribution < 1.29 is 51.4 Å². The molecular formula is C33H38F3N3O8. The van der Waals surface area contributed by atoms with Crippen LogP contribution in [0.25, 0.3) is 0 Å². The van der Waals surface area contributed by atoms with Gasteiger partial charge in [-0.05, 0) is 55.9 Å². The molecule has 4 rings (SSSR count). The van der Waals surface area contributed by atoms with Crippen molar-refractivity contribution in [2.75, 3.05) is 20.2 Å². The van der Waals surface area contributed by atoms with E-state index in [9.17, 15) is 37.1 Å². The minimum Gasteiger partial charge on any atom is -0.467 e. The summed E-state index contributed by atoms with van der Waals surface area (Å²) in [6.07, 6.45) is -5.34. The van der Waals surface area contributed by atoms with Crippen LogP contribution in [0.2, 0.25) is 0 Å². The number of hydrogen-bond donors (Lipinski definition) is 1. The number of ether oxygens (including phenoxy) is 3. The molecule has 0 aromatic heterocycles. The third kappa shape index (κ3) is 8.22. The first-order chi connectivity index (χ1) is 22.3. The molecule has 2 fully saturated rings. The maximum Gasteiger partial charge on any atom is 0.416 e. The highest BCUT2D eigenvalue weighted by Crippen LogP contribution is 2.37. The molecule has 14 heteroatoms. The highest BCUT2D eigenvalue weighted by Gasteiger charge is 2.53. The molecule has 0 spiro atoms. The largest absolute Gasteiger partial charge is 0.467 e. The lowest BCUT2D eigenvalue weighted by atomic mass is 9.85. The molecular weight excluding hydrogens is 623 g/mol. The van der Waals surface area contributed by atoms with Gasteiger partial charge in [-0.25, -0.2) is 9.59 Å². The van der Waals surface area contributed by atoms with Gasteiger partial charge in [0, 0.05) is 26.4 Å². The zero-order valence-electron chi connectivity index (χ0n) is 26.4. The van der Waals surface area contributed by atoms with Gasteiger partial charge in [0.1, 0.15) is 24.3 Å². The van der Waals surface area contributed by atoms with Crippen molar-refractivity contribution >= 4 is 29.8 Å². The van der Waals surface area contributed by atoms with Crippen LogP contribution >= 0.6 is 0 Å². The third-order valence-corrected chi connectivity index (χ3v) is 8.50. The Kier molecular flexibility index (Phi) is 11.1. The Bertz CT molecular complexity index is 1450. The van der Waals surface area contributed by atoms with E-state index in [1.54, 1.807) is 24.3 Å². The van der Waals surface area contributed by atoms with Gasteiger partial charge in [-0.1, -0.05) is 42.5 Å². The fourth-order valence-corrected chi connectivity index (χ4v) is 6.17. The van der Waals surface area contributed by atoms with Crippen LogP contribution in [0.15, 0.2) is 54.6 Å². The van der Waals surface area contributed by atoms with Crippen molar-refractivity contribution in [3.63, 3.8) is 0 Å². The smallest absolute Gasteiger partial charge is 0.416 e. The second-order valence-corrected chi connectivity index (χ2v) is 11.7. The topological polar surface area (TPSA) is 132 Å². The lowest BCUT2D eigenvalue weighted by molar-refractivity contribution is -0.158. The van der Waals surface area contributed by atoms with Crippen LogP contribution in [0.1, 0.15) is 56.2 Å². The molecule has 1 unspecified atom stereocenters. The summed E-state index contributed by atoms with van der Waals surface area (Å²) in [4.78, 5) is 68.7. The Morgan fingerprint density at radius 1 is 0.979 bits per heavy atom. The Hall–Kier alpha value is -4.62. The summed E-state index contributed by atoms with van der Waals surface area (Å²) < 4.78 is 55.4. The number of alkyl halides is 3. The first-order valence-corrected chi connectivity index (χ1v) is 15.3. The van der Waals surface area contributed by atoms with Gasteiger partial charge >= 0.3 is 24.2 Å². The van der Waals surface area contributed by atoms with Gasteiger partial charge < -0.3 is 24.4 Å². The molecule has 2 aliphatic rings. The zero-order chi connectivity index (χ0) is 34.4. The van der Waals surface area contributed by atoms with Crippen LogP contribution in [0.3, 0.4) is 0 Å². The van der Waals surface area contributed by atoms with Crippen molar-refractivity contribution in [3.8, 4) is 0 Å². The van der Waals surface area contributed by atoms with Crippen molar-refractivity contribution in [2.24, 2.45) is 0 Å². The van der Waals surface area contributed by atoms with Crippen LogP contribution in [-0.4, -0.2) is 83.6 Å². The van der Waals surface area contributed by atoms with E-state index < -0.39 is 65.3 Å². The minimum atomic E-state index is -4.58. The Labute approximate surface area is 270 Å². The number of benzene rings is 2. The van der Waals surface area contributed by atoms with Gasteiger partial charge in [-0.3, -0.25) is 19.3 Å². The summed E-state index contributed by atoms with van der Waals surface area (Å²) in [5.74, 6) is -2.93. The van der Waals surface area contributed by atoms with E-state index in [4.69, 9.17) is 14.2 Å². The highest BCUT2D eigenvalue weighted by molar-refractivity contribution is 5.97. The lowest BCUT2D eigenvalue weighted by Crippen LogP contribution is -2.64. The van der Waals surface area contributed by atoms with Gasteiger partial charge in [-0.15, -0.1) is 0 Å². The molecule has 1 N–H and O–H groups in total. The molecule has 254 valence electrons. The van der Waals surface area contributed by atoms with Gasteiger partial charge in [0.15, 0.2) is 6.04 Å². The average molecular weight is 662 g/mol. The monoisotopic (exact) mass is 661 g/mol. The minimum absolute atomic E-state index is 0.00347. The Morgan fingerprint density at radius 3 is 2.28 bits per heavy atom. The molecule has 47 heavy (non-hydrogen) atoms. The fraction of sp³-hybridized carbons (Fsp3) is 0.485. The molecule has 2 saturated heterocycles. The number of nitrogens with zero attached hydrogens (tertiary/aromatic N) is 2. The number of carbonyl (C=O) groups is 5. The number of likely N-dealkylation sites (tertiary alicyclic amines) is 2. The predicted octanol–water partition coefficient (Wildman–Crippen LogP) is 4.02. The molecule has 3 amide bonds. The number of carbonyl (C=O) groups excluding carboxylic acids is 5. The quantitative estimate of drug-likeness (QED) is 0.299. The van der Waals surface area contributed by atoms with Crippen molar-refractivity contribution in [1.82, 2.24) is 15.1 Å². The molecule has 2 aliphatic heterocycles. The van der Waals surface area contributed by atoms with Crippen LogP contribution in [0.5, 0.6) is 0 Å². The summed E-state index contributed by atoms with van der Waals surface area (Å²) >= 11 is 0. The summed E-state index contributed by atoms with van der Waals surface area (Å²) in [7, 11) is 1.09. The van der Waals surface area contributed by atoms with Gasteiger partial charge in [0.05, 0.1) is 12.7 Å². The average Bonchev–Trinajstić information content (AvgIpc) is 3.70. The highest BCUT2D eigenvalue weighted by atomic mass is 19.4. The molecule has 0 aliphatic carbocycles. The maximum atomic E-state index is 14.3. The summed E-state index contributed by atoms with van der Waals surface area (Å²) in [6, 6.07) is 10.9. The number of hydrogen-bond acceptors (Lipinski definition) is 8. The van der Waals surface area contributed by atoms with Crippen LogP contribution in [0, 0.1) is 0 Å². The second kappa shape index (κ2) is 14.9. The lowest BCUT2D eigenvalue weighted by Gasteiger charge is -2.40. The molecule has 2 aromatic rings. The van der Waals surface area contributed by atoms with Gasteiger partial charge in [0.2, 0.25) is 11.8 Å². The van der Waals surface area contributed by atoms with Crippen LogP contribution in [-0.2, 0) is 52.6 Å². The SMILES string of the molecule is COC(=O)[C@@H](NC(=O)C1(Cc2ccc(C(F)(F)F)cc2)CCCN1C(=O)[C@@H]1CCCN1C(=O)OCc1ccccc1)[C@@H](C)OC(C)=O. The van der Waals surface area contributed by atoms with E-state index >= 15 is 0 Å². The van der Waals surface area contributed by atoms with E-state index in [1.165, 1.54) is 28.9 Å². The summed E-state index contributed by atoms with van der Waals surface area (Å²) in [5, 5.41) is 2.59. The number of esters is 2. The third-order valence-electron chi connectivity index (χ3n) is 8.50. The molecule has 11 nitrogen and oxygen atoms in total. The van der Waals surface area contributed by atoms with E-state index in [0.717, 1.165) is 31.7 Å². The number of amides is 3. The van der Waals surface area contributed by atoms with Crippen molar-refractivity contribution in [1.29, 1.82) is 0 Å². The van der Waals surface area contributed by atoms with E-state index in [2.05, 4.69) is 5.32 Å². The predicted molar refractivity (Wildman–Crippen MR) is 160 cm³/mol. The maximum absolute atomic E-state index is 14.3. The first kappa shape index (κ1) is 35.2. The number of rotatable bonds is 10. The number of nitrogens with one attached hydrogen (secondary N) is 1. The Balaban J connectivity index is 1.65. The van der Waals surface area contributed by atoms with Crippen LogP contribution in [0.4, 0.5) is 18.0 Å². The zero-order valence-corrected chi connectivity index (χ0v) is 26.4. The molecule has 2 heterocycles. The summed E-state index contributed by atoms with van der Waals surface area (Å²) in [5.41, 5.74) is -1.45.